The molecular formula is C16H13N3O5S. The number of amides is 1. The van der Waals surface area contributed by atoms with Gasteiger partial charge in [-0.25, -0.2) is 4.79 Å². The first-order valence-corrected chi connectivity index (χ1v) is 7.80. The molecule has 0 saturated heterocycles. The number of methoxy groups -OCH3 is 1. The summed E-state index contributed by atoms with van der Waals surface area (Å²) in [5.41, 5.74) is 1.06. The van der Waals surface area contributed by atoms with Gasteiger partial charge in [0.05, 0.1) is 17.6 Å². The van der Waals surface area contributed by atoms with Crippen molar-refractivity contribution in [3.05, 3.63) is 55.4 Å². The number of anilines is 1. The van der Waals surface area contributed by atoms with Crippen LogP contribution in [0, 0.1) is 35.3 Å². The molecule has 1 aromatic carbocycles. The topological polar surface area (TPSA) is 122 Å². The van der Waals surface area contributed by atoms with Crippen molar-refractivity contribution < 1.29 is 19.2 Å². The van der Waals surface area contributed by atoms with Crippen molar-refractivity contribution >= 4 is 33.9 Å². The molecule has 0 unspecified atom stereocenters. The maximum absolute atomic E-state index is 12.4. The van der Waals surface area contributed by atoms with E-state index < -0.39 is 16.8 Å². The Morgan fingerprint density at radius 2 is 2.04 bits per heavy atom. The van der Waals surface area contributed by atoms with E-state index in [1.54, 1.807) is 6.92 Å². The van der Waals surface area contributed by atoms with E-state index in [-0.39, 0.29) is 26.7 Å². The molecule has 1 heterocycles. The Labute approximate surface area is 146 Å². The van der Waals surface area contributed by atoms with Crippen LogP contribution < -0.4 is 5.32 Å². The van der Waals surface area contributed by atoms with Crippen LogP contribution in [0.25, 0.3) is 0 Å². The molecular weight excluding hydrogens is 346 g/mol. The molecule has 0 fully saturated rings. The van der Waals surface area contributed by atoms with E-state index in [0.717, 1.165) is 11.3 Å². The number of thiophene rings is 1. The van der Waals surface area contributed by atoms with Gasteiger partial charge < -0.3 is 10.1 Å². The number of rotatable bonds is 4. The number of nitriles is 1. The van der Waals surface area contributed by atoms with Crippen molar-refractivity contribution in [1.29, 1.82) is 5.26 Å². The molecule has 1 amide bonds. The number of carbonyl (C=O) groups excluding carboxylic acids is 2. The first-order chi connectivity index (χ1) is 11.8. The van der Waals surface area contributed by atoms with Gasteiger partial charge in [-0.05, 0) is 31.5 Å². The summed E-state index contributed by atoms with van der Waals surface area (Å²) in [6.07, 6.45) is 0. The van der Waals surface area contributed by atoms with E-state index in [4.69, 9.17) is 0 Å². The van der Waals surface area contributed by atoms with E-state index >= 15 is 0 Å². The molecule has 2 aromatic rings. The molecule has 0 bridgehead atoms. The summed E-state index contributed by atoms with van der Waals surface area (Å²) in [5.74, 6) is -1.13. The molecule has 1 aromatic heterocycles. The monoisotopic (exact) mass is 359 g/mol. The minimum atomic E-state index is -0.592. The Bertz CT molecular complexity index is 927. The quantitative estimate of drug-likeness (QED) is 0.508. The third-order valence-electron chi connectivity index (χ3n) is 3.51. The number of nitro benzene ring substituents is 1. The molecule has 128 valence electrons. The highest BCUT2D eigenvalue weighted by Gasteiger charge is 2.22. The molecule has 0 radical (unpaired) electrons. The Morgan fingerprint density at radius 3 is 2.56 bits per heavy atom. The molecule has 0 saturated carbocycles. The van der Waals surface area contributed by atoms with Gasteiger partial charge >= 0.3 is 5.97 Å². The largest absolute Gasteiger partial charge is 0.465 e. The molecule has 8 nitrogen and oxygen atoms in total. The average molecular weight is 359 g/mol. The Kier molecular flexibility index (Phi) is 5.14. The second-order valence-electron chi connectivity index (χ2n) is 5.08. The highest BCUT2D eigenvalue weighted by molar-refractivity contribution is 7.18. The zero-order valence-corrected chi connectivity index (χ0v) is 14.4. The van der Waals surface area contributed by atoms with Crippen LogP contribution in [0.3, 0.4) is 0 Å². The summed E-state index contributed by atoms with van der Waals surface area (Å²) < 4.78 is 4.66. The van der Waals surface area contributed by atoms with Crippen LogP contribution >= 0.6 is 11.3 Å². The van der Waals surface area contributed by atoms with E-state index in [2.05, 4.69) is 10.1 Å². The fourth-order valence-electron chi connectivity index (χ4n) is 2.20. The minimum Gasteiger partial charge on any atom is -0.465 e. The molecule has 9 heteroatoms. The Balaban J connectivity index is 2.35. The number of ether oxygens (including phenoxy) is 1. The number of hydrogen-bond acceptors (Lipinski definition) is 7. The number of nitrogens with zero attached hydrogens (tertiary/aromatic N) is 2. The standard InChI is InChI=1S/C16H13N3O5S/c1-8-6-10(4-5-12(8)19(22)23)14(20)18-15-11(7-17)9(2)13(25-15)16(21)24-3/h4-6H,1-3H3,(H,18,20). The molecule has 2 rings (SSSR count). The Hall–Kier alpha value is -3.25. The summed E-state index contributed by atoms with van der Waals surface area (Å²) in [6, 6.07) is 5.92. The summed E-state index contributed by atoms with van der Waals surface area (Å²) in [6.45, 7) is 3.12. The second-order valence-corrected chi connectivity index (χ2v) is 6.10. The van der Waals surface area contributed by atoms with Gasteiger partial charge in [0.2, 0.25) is 0 Å². The summed E-state index contributed by atoms with van der Waals surface area (Å²) in [5, 5.41) is 22.9. The first-order valence-electron chi connectivity index (χ1n) is 6.98. The smallest absolute Gasteiger partial charge is 0.348 e. The zero-order chi connectivity index (χ0) is 18.7. The van der Waals surface area contributed by atoms with Crippen LogP contribution in [0.15, 0.2) is 18.2 Å². The highest BCUT2D eigenvalue weighted by atomic mass is 32.1. The SMILES string of the molecule is COC(=O)c1sc(NC(=O)c2ccc([N+](=O)[O-])c(C)c2)c(C#N)c1C. The normalized spacial score (nSPS) is 10.0. The fraction of sp³-hybridized carbons (Fsp3) is 0.188. The lowest BCUT2D eigenvalue weighted by atomic mass is 10.1. The summed E-state index contributed by atoms with van der Waals surface area (Å²) >= 11 is 0.941. The number of nitrogens with one attached hydrogen (secondary N) is 1. The van der Waals surface area contributed by atoms with Crippen molar-refractivity contribution in [1.82, 2.24) is 0 Å². The third-order valence-corrected chi connectivity index (χ3v) is 4.70. The fourth-order valence-corrected chi connectivity index (χ4v) is 3.27. The van der Waals surface area contributed by atoms with Crippen molar-refractivity contribution in [2.45, 2.75) is 13.8 Å². The van der Waals surface area contributed by atoms with Gasteiger partial charge in [0.25, 0.3) is 11.6 Å². The van der Waals surface area contributed by atoms with Crippen LogP contribution in [0.4, 0.5) is 10.7 Å². The van der Waals surface area contributed by atoms with Gasteiger partial charge in [-0.15, -0.1) is 11.3 Å². The van der Waals surface area contributed by atoms with Gasteiger partial charge in [0.1, 0.15) is 15.9 Å². The molecule has 0 aliphatic carbocycles. The Morgan fingerprint density at radius 1 is 1.36 bits per heavy atom. The van der Waals surface area contributed by atoms with Gasteiger partial charge in [0, 0.05) is 17.2 Å². The van der Waals surface area contributed by atoms with Gasteiger partial charge in [-0.3, -0.25) is 14.9 Å². The van der Waals surface area contributed by atoms with Crippen molar-refractivity contribution in [2.24, 2.45) is 0 Å². The lowest BCUT2D eigenvalue weighted by Crippen LogP contribution is -2.12. The number of esters is 1. The lowest BCUT2D eigenvalue weighted by Gasteiger charge is -2.05. The molecule has 1 N–H and O–H groups in total. The average Bonchev–Trinajstić information content (AvgIpc) is 2.89. The maximum atomic E-state index is 12.4. The number of hydrogen-bond donors (Lipinski definition) is 1. The van der Waals surface area contributed by atoms with Crippen LogP contribution in [0.2, 0.25) is 0 Å². The summed E-state index contributed by atoms with van der Waals surface area (Å²) in [7, 11) is 1.23. The van der Waals surface area contributed by atoms with Crippen molar-refractivity contribution in [2.75, 3.05) is 12.4 Å². The molecule has 0 atom stereocenters. The number of aryl methyl sites for hydroxylation is 1. The second kappa shape index (κ2) is 7.11. The lowest BCUT2D eigenvalue weighted by molar-refractivity contribution is -0.385. The van der Waals surface area contributed by atoms with Crippen LogP contribution in [0.5, 0.6) is 0 Å². The van der Waals surface area contributed by atoms with Crippen LogP contribution in [0.1, 0.15) is 36.7 Å². The highest BCUT2D eigenvalue weighted by Crippen LogP contribution is 2.33. The number of benzene rings is 1. The van der Waals surface area contributed by atoms with Gasteiger partial charge in [0.15, 0.2) is 0 Å². The van der Waals surface area contributed by atoms with Gasteiger partial charge in [-0.2, -0.15) is 5.26 Å². The van der Waals surface area contributed by atoms with Crippen molar-refractivity contribution in [3.8, 4) is 6.07 Å². The summed E-state index contributed by atoms with van der Waals surface area (Å²) in [4.78, 5) is 34.6. The van der Waals surface area contributed by atoms with Crippen molar-refractivity contribution in [3.63, 3.8) is 0 Å². The molecule has 0 spiro atoms. The van der Waals surface area contributed by atoms with E-state index in [1.165, 1.54) is 32.2 Å². The third kappa shape index (κ3) is 3.49. The zero-order valence-electron chi connectivity index (χ0n) is 13.6. The predicted octanol–water partition coefficient (Wildman–Crippen LogP) is 3.18. The van der Waals surface area contributed by atoms with E-state index in [9.17, 15) is 25.0 Å². The van der Waals surface area contributed by atoms with E-state index in [0.29, 0.717) is 11.1 Å². The minimum absolute atomic E-state index is 0.0887. The van der Waals surface area contributed by atoms with Gasteiger partial charge in [-0.1, -0.05) is 0 Å². The number of carbonyl (C=O) groups is 2. The molecule has 0 aliphatic rings. The molecule has 25 heavy (non-hydrogen) atoms. The predicted molar refractivity (Wildman–Crippen MR) is 90.9 cm³/mol. The number of nitro groups is 1. The van der Waals surface area contributed by atoms with E-state index in [1.807, 2.05) is 6.07 Å². The van der Waals surface area contributed by atoms with Crippen LogP contribution in [-0.2, 0) is 4.74 Å². The molecule has 0 aliphatic heterocycles. The maximum Gasteiger partial charge on any atom is 0.348 e. The van der Waals surface area contributed by atoms with Crippen LogP contribution in [-0.4, -0.2) is 23.9 Å². The first kappa shape index (κ1) is 18.1.